The van der Waals surface area contributed by atoms with Gasteiger partial charge in [-0.3, -0.25) is 9.48 Å². The molecule has 0 bridgehead atoms. The molecule has 4 rings (SSSR count). The van der Waals surface area contributed by atoms with Crippen molar-refractivity contribution in [2.24, 2.45) is 12.8 Å². The molecule has 1 saturated heterocycles. The van der Waals surface area contributed by atoms with Crippen LogP contribution in [0.5, 0.6) is 0 Å². The smallest absolute Gasteiger partial charge is 0.270 e. The third-order valence-electron chi connectivity index (χ3n) is 4.35. The molecule has 2 aromatic heterocycles. The Morgan fingerprint density at radius 1 is 1.46 bits per heavy atom. The summed E-state index contributed by atoms with van der Waals surface area (Å²) in [5, 5.41) is 15.1. The highest BCUT2D eigenvalue weighted by atomic mass is 16.3. The molecule has 8 nitrogen and oxygen atoms in total. The summed E-state index contributed by atoms with van der Waals surface area (Å²) in [6.07, 6.45) is 3.41. The van der Waals surface area contributed by atoms with Gasteiger partial charge in [-0.15, -0.1) is 0 Å². The quantitative estimate of drug-likeness (QED) is 0.739. The molecule has 3 heterocycles. The summed E-state index contributed by atoms with van der Waals surface area (Å²) in [5.74, 6) is -0.312. The largest absolute Gasteiger partial charge is 0.444 e. The maximum atomic E-state index is 11.3. The minimum atomic E-state index is -0.634. The van der Waals surface area contributed by atoms with Gasteiger partial charge < -0.3 is 20.2 Å². The number of carbonyl (C=O) groups excluding carboxylic acids is 1. The molecule has 1 aliphatic heterocycles. The number of nitrogens with zero attached hydrogens (tertiary/aromatic N) is 4. The van der Waals surface area contributed by atoms with Crippen molar-refractivity contribution < 1.29 is 14.3 Å². The van der Waals surface area contributed by atoms with E-state index in [1.54, 1.807) is 10.9 Å². The van der Waals surface area contributed by atoms with Crippen LogP contribution in [0.15, 0.2) is 29.0 Å². The fourth-order valence-corrected chi connectivity index (χ4v) is 3.09. The lowest BCUT2D eigenvalue weighted by atomic mass is 10.1. The summed E-state index contributed by atoms with van der Waals surface area (Å²) in [6.45, 7) is 1.28. The molecule has 1 amide bonds. The third kappa shape index (κ3) is 2.31. The van der Waals surface area contributed by atoms with E-state index >= 15 is 0 Å². The third-order valence-corrected chi connectivity index (χ3v) is 4.35. The Hall–Kier alpha value is -2.87. The first kappa shape index (κ1) is 14.7. The van der Waals surface area contributed by atoms with E-state index in [-0.39, 0.29) is 11.8 Å². The van der Waals surface area contributed by atoms with Gasteiger partial charge in [-0.2, -0.15) is 5.10 Å². The van der Waals surface area contributed by atoms with E-state index in [2.05, 4.69) is 15.0 Å². The normalized spacial score (nSPS) is 17.8. The van der Waals surface area contributed by atoms with Crippen molar-refractivity contribution in [2.75, 3.05) is 18.0 Å². The number of aromatic nitrogens is 3. The lowest BCUT2D eigenvalue weighted by molar-refractivity contribution is 0.0995. The second-order valence-corrected chi connectivity index (χ2v) is 5.99. The first-order valence-electron chi connectivity index (χ1n) is 7.67. The van der Waals surface area contributed by atoms with Crippen LogP contribution in [0.1, 0.15) is 16.9 Å². The first-order valence-corrected chi connectivity index (χ1v) is 7.67. The zero-order valence-corrected chi connectivity index (χ0v) is 13.1. The van der Waals surface area contributed by atoms with Crippen LogP contribution in [-0.2, 0) is 7.05 Å². The zero-order chi connectivity index (χ0) is 16.8. The lowest BCUT2D eigenvalue weighted by Gasteiger charge is -2.20. The van der Waals surface area contributed by atoms with E-state index in [0.717, 1.165) is 28.7 Å². The number of nitrogens with two attached hydrogens (primary N) is 1. The first-order chi connectivity index (χ1) is 11.5. The van der Waals surface area contributed by atoms with E-state index < -0.39 is 5.91 Å². The van der Waals surface area contributed by atoms with Crippen LogP contribution in [0.25, 0.3) is 22.4 Å². The molecule has 3 aromatic rings. The Bertz CT molecular complexity index is 929. The Kier molecular flexibility index (Phi) is 3.27. The zero-order valence-electron chi connectivity index (χ0n) is 13.1. The number of amides is 1. The van der Waals surface area contributed by atoms with E-state index in [1.165, 1.54) is 6.26 Å². The summed E-state index contributed by atoms with van der Waals surface area (Å²) in [7, 11) is 1.86. The summed E-state index contributed by atoms with van der Waals surface area (Å²) >= 11 is 0. The summed E-state index contributed by atoms with van der Waals surface area (Å²) in [6, 6.07) is 3.93. The number of benzene rings is 1. The Morgan fingerprint density at radius 3 is 2.96 bits per heavy atom. The van der Waals surface area contributed by atoms with Crippen LogP contribution in [0.3, 0.4) is 0 Å². The Labute approximate surface area is 137 Å². The molecular formula is C16H17N5O3. The Morgan fingerprint density at radius 2 is 2.29 bits per heavy atom. The molecule has 0 saturated carbocycles. The van der Waals surface area contributed by atoms with Crippen molar-refractivity contribution in [1.82, 2.24) is 14.8 Å². The van der Waals surface area contributed by atoms with Gasteiger partial charge in [0.1, 0.15) is 6.26 Å². The summed E-state index contributed by atoms with van der Waals surface area (Å²) < 4.78 is 7.24. The molecule has 0 radical (unpaired) electrons. The standard InChI is InChI=1S/C16H17N5O3/c1-20-13-5-11(16-19-12(8-24-16)15(17)23)14(4-9(13)6-18-20)21-3-2-10(22)7-21/h4-6,8,10,22H,2-3,7H2,1H3,(H2,17,23). The minimum absolute atomic E-state index is 0.0857. The van der Waals surface area contributed by atoms with Crippen LogP contribution in [0.2, 0.25) is 0 Å². The van der Waals surface area contributed by atoms with Crippen molar-refractivity contribution in [3.05, 3.63) is 30.3 Å². The number of hydrogen-bond acceptors (Lipinski definition) is 6. The predicted molar refractivity (Wildman–Crippen MR) is 87.6 cm³/mol. The van der Waals surface area contributed by atoms with Gasteiger partial charge in [0, 0.05) is 25.5 Å². The average molecular weight is 327 g/mol. The molecule has 124 valence electrons. The van der Waals surface area contributed by atoms with E-state index in [0.29, 0.717) is 18.9 Å². The fraction of sp³-hybridized carbons (Fsp3) is 0.312. The lowest BCUT2D eigenvalue weighted by Crippen LogP contribution is -2.21. The second-order valence-electron chi connectivity index (χ2n) is 5.99. The van der Waals surface area contributed by atoms with Crippen LogP contribution in [0, 0.1) is 0 Å². The molecule has 1 atom stereocenters. The number of anilines is 1. The molecule has 8 heteroatoms. The van der Waals surface area contributed by atoms with Crippen molar-refractivity contribution in [1.29, 1.82) is 0 Å². The van der Waals surface area contributed by atoms with Gasteiger partial charge in [0.05, 0.1) is 29.1 Å². The van der Waals surface area contributed by atoms with Gasteiger partial charge in [0.2, 0.25) is 5.89 Å². The van der Waals surface area contributed by atoms with Gasteiger partial charge in [0.15, 0.2) is 5.69 Å². The van der Waals surface area contributed by atoms with Crippen LogP contribution in [-0.4, -0.2) is 45.0 Å². The van der Waals surface area contributed by atoms with E-state index in [9.17, 15) is 9.90 Å². The predicted octanol–water partition coefficient (Wildman–Crippen LogP) is 0.898. The summed E-state index contributed by atoms with van der Waals surface area (Å²) in [4.78, 5) is 17.6. The van der Waals surface area contributed by atoms with Crippen LogP contribution >= 0.6 is 0 Å². The van der Waals surface area contributed by atoms with Crippen molar-refractivity contribution in [2.45, 2.75) is 12.5 Å². The molecule has 1 aromatic carbocycles. The molecule has 1 fully saturated rings. The molecule has 24 heavy (non-hydrogen) atoms. The highest BCUT2D eigenvalue weighted by Crippen LogP contribution is 2.36. The fourth-order valence-electron chi connectivity index (χ4n) is 3.09. The molecule has 3 N–H and O–H groups in total. The van der Waals surface area contributed by atoms with Crippen molar-refractivity contribution in [3.63, 3.8) is 0 Å². The highest BCUT2D eigenvalue weighted by Gasteiger charge is 2.25. The van der Waals surface area contributed by atoms with E-state index in [1.807, 2.05) is 19.2 Å². The number of fused-ring (bicyclic) bond motifs is 1. The average Bonchev–Trinajstić information content (AvgIpc) is 3.26. The van der Waals surface area contributed by atoms with Gasteiger partial charge in [0.25, 0.3) is 5.91 Å². The molecular weight excluding hydrogens is 310 g/mol. The monoisotopic (exact) mass is 327 g/mol. The van der Waals surface area contributed by atoms with Gasteiger partial charge >= 0.3 is 0 Å². The molecule has 0 aliphatic carbocycles. The van der Waals surface area contributed by atoms with E-state index in [4.69, 9.17) is 10.2 Å². The van der Waals surface area contributed by atoms with Crippen LogP contribution in [0.4, 0.5) is 5.69 Å². The second kappa shape index (κ2) is 5.34. The van der Waals surface area contributed by atoms with Crippen molar-refractivity contribution >= 4 is 22.5 Å². The number of aliphatic hydroxyl groups is 1. The van der Waals surface area contributed by atoms with Gasteiger partial charge in [-0.05, 0) is 18.6 Å². The number of hydrogen-bond donors (Lipinski definition) is 2. The molecule has 0 spiro atoms. The minimum Gasteiger partial charge on any atom is -0.444 e. The molecule has 1 aliphatic rings. The number of rotatable bonds is 3. The van der Waals surface area contributed by atoms with Crippen LogP contribution < -0.4 is 10.6 Å². The number of primary amides is 1. The number of oxazole rings is 1. The van der Waals surface area contributed by atoms with Gasteiger partial charge in [-0.25, -0.2) is 4.98 Å². The Balaban J connectivity index is 1.89. The van der Waals surface area contributed by atoms with Crippen molar-refractivity contribution in [3.8, 4) is 11.5 Å². The highest BCUT2D eigenvalue weighted by molar-refractivity contribution is 5.93. The maximum Gasteiger partial charge on any atom is 0.270 e. The molecule has 1 unspecified atom stereocenters. The SMILES string of the molecule is Cn1ncc2cc(N3CCC(O)C3)c(-c3nc(C(N)=O)co3)cc21. The number of carbonyl (C=O) groups is 1. The summed E-state index contributed by atoms with van der Waals surface area (Å²) in [5.41, 5.74) is 7.91. The number of aliphatic hydroxyl groups excluding tert-OH is 1. The topological polar surface area (TPSA) is 110 Å². The number of β-amino-alcohol motifs (C(OH)–C–C–N with tert-alkyl or cyclic N) is 1. The maximum absolute atomic E-state index is 11.3. The van der Waals surface area contributed by atoms with Gasteiger partial charge in [-0.1, -0.05) is 0 Å². The number of aryl methyl sites for hydroxylation is 1.